The smallest absolute Gasteiger partial charge is 0.194 e. The van der Waals surface area contributed by atoms with E-state index in [2.05, 4.69) is 41.3 Å². The zero-order chi connectivity index (χ0) is 20.5. The molecule has 158 valence electrons. The fourth-order valence-electron chi connectivity index (χ4n) is 3.31. The molecule has 7 nitrogen and oxygen atoms in total. The molecule has 1 atom stereocenters. The maximum atomic E-state index is 5.97. The molecule has 0 bridgehead atoms. The molecule has 1 aromatic carbocycles. The molecular formula is C22H33N5O2. The first-order valence-corrected chi connectivity index (χ1v) is 10.5. The number of ether oxygens (including phenoxy) is 2. The summed E-state index contributed by atoms with van der Waals surface area (Å²) in [6, 6.07) is 8.22. The second-order valence-electron chi connectivity index (χ2n) is 7.27. The van der Waals surface area contributed by atoms with Crippen molar-refractivity contribution in [1.29, 1.82) is 0 Å². The van der Waals surface area contributed by atoms with E-state index in [1.807, 2.05) is 36.3 Å². The molecule has 1 fully saturated rings. The van der Waals surface area contributed by atoms with E-state index in [0.717, 1.165) is 61.9 Å². The van der Waals surface area contributed by atoms with E-state index in [0.29, 0.717) is 13.2 Å². The molecule has 3 rings (SSSR count). The second kappa shape index (κ2) is 10.9. The van der Waals surface area contributed by atoms with Gasteiger partial charge in [0, 0.05) is 31.9 Å². The van der Waals surface area contributed by atoms with Crippen LogP contribution in [0, 0.1) is 0 Å². The number of nitrogens with one attached hydrogen (secondary N) is 1. The van der Waals surface area contributed by atoms with Crippen LogP contribution in [0.2, 0.25) is 0 Å². The molecule has 1 saturated heterocycles. The molecule has 1 aromatic heterocycles. The van der Waals surface area contributed by atoms with Crippen LogP contribution in [0.4, 0.5) is 0 Å². The molecule has 29 heavy (non-hydrogen) atoms. The molecule has 1 aliphatic heterocycles. The van der Waals surface area contributed by atoms with Crippen molar-refractivity contribution in [3.63, 3.8) is 0 Å². The summed E-state index contributed by atoms with van der Waals surface area (Å²) >= 11 is 0. The molecule has 7 heteroatoms. The van der Waals surface area contributed by atoms with E-state index < -0.39 is 0 Å². The number of hydrogen-bond acceptors (Lipinski definition) is 4. The van der Waals surface area contributed by atoms with Crippen LogP contribution in [-0.2, 0) is 18.3 Å². The molecule has 1 unspecified atom stereocenters. The summed E-state index contributed by atoms with van der Waals surface area (Å²) in [7, 11) is 1.93. The minimum Gasteiger partial charge on any atom is -0.494 e. The van der Waals surface area contributed by atoms with Gasteiger partial charge in [0.1, 0.15) is 11.9 Å². The summed E-state index contributed by atoms with van der Waals surface area (Å²) < 4.78 is 13.6. The Bertz CT molecular complexity index is 789. The summed E-state index contributed by atoms with van der Waals surface area (Å²) in [6.45, 7) is 8.72. The van der Waals surface area contributed by atoms with Crippen molar-refractivity contribution >= 4 is 5.96 Å². The van der Waals surface area contributed by atoms with Crippen molar-refractivity contribution < 1.29 is 9.47 Å². The standard InChI is InChI=1S/C22H33N5O2/c1-4-6-11-28-20-9-7-8-18(13-20)14-24-22(23-5-2)27-10-12-29-21(17-27)19-15-25-26(3)16-19/h7-9,13,15-16,21H,4-6,10-12,14,17H2,1-3H3,(H,23,24). The first-order valence-electron chi connectivity index (χ1n) is 10.5. The van der Waals surface area contributed by atoms with E-state index in [1.54, 1.807) is 0 Å². The van der Waals surface area contributed by atoms with E-state index >= 15 is 0 Å². The first kappa shape index (κ1) is 21.2. The lowest BCUT2D eigenvalue weighted by molar-refractivity contribution is -0.00805. The molecular weight excluding hydrogens is 366 g/mol. The topological polar surface area (TPSA) is 63.9 Å². The molecule has 0 amide bonds. The quantitative estimate of drug-likeness (QED) is 0.420. The highest BCUT2D eigenvalue weighted by Gasteiger charge is 2.25. The lowest BCUT2D eigenvalue weighted by Gasteiger charge is -2.34. The number of aliphatic imine (C=N–C) groups is 1. The summed E-state index contributed by atoms with van der Waals surface area (Å²) in [5.41, 5.74) is 2.25. The van der Waals surface area contributed by atoms with Gasteiger partial charge in [-0.05, 0) is 31.0 Å². The second-order valence-corrected chi connectivity index (χ2v) is 7.27. The third-order valence-electron chi connectivity index (χ3n) is 4.87. The van der Waals surface area contributed by atoms with Crippen LogP contribution in [0.3, 0.4) is 0 Å². The van der Waals surface area contributed by atoms with Crippen molar-refractivity contribution in [2.45, 2.75) is 39.3 Å². The number of nitrogens with zero attached hydrogens (tertiary/aromatic N) is 4. The molecule has 1 N–H and O–H groups in total. The fraction of sp³-hybridized carbons (Fsp3) is 0.545. The van der Waals surface area contributed by atoms with Crippen molar-refractivity contribution in [2.24, 2.45) is 12.0 Å². The van der Waals surface area contributed by atoms with Crippen LogP contribution in [-0.4, -0.2) is 53.5 Å². The van der Waals surface area contributed by atoms with Crippen LogP contribution < -0.4 is 10.1 Å². The lowest BCUT2D eigenvalue weighted by Crippen LogP contribution is -2.48. The Hall–Kier alpha value is -2.54. The number of benzene rings is 1. The van der Waals surface area contributed by atoms with Crippen molar-refractivity contribution in [1.82, 2.24) is 20.0 Å². The zero-order valence-corrected chi connectivity index (χ0v) is 17.8. The summed E-state index contributed by atoms with van der Waals surface area (Å²) in [5.74, 6) is 1.83. The minimum atomic E-state index is 0.0107. The molecule has 0 radical (unpaired) electrons. The van der Waals surface area contributed by atoms with Crippen molar-refractivity contribution in [2.75, 3.05) is 32.8 Å². The third-order valence-corrected chi connectivity index (χ3v) is 4.87. The monoisotopic (exact) mass is 399 g/mol. The largest absolute Gasteiger partial charge is 0.494 e. The molecule has 1 aliphatic rings. The Balaban J connectivity index is 1.65. The number of aryl methyl sites for hydroxylation is 1. The summed E-state index contributed by atoms with van der Waals surface area (Å²) in [4.78, 5) is 7.15. The van der Waals surface area contributed by atoms with Crippen molar-refractivity contribution in [3.8, 4) is 5.75 Å². The van der Waals surface area contributed by atoms with Gasteiger partial charge in [-0.15, -0.1) is 0 Å². The van der Waals surface area contributed by atoms with Gasteiger partial charge in [-0.3, -0.25) is 4.68 Å². The highest BCUT2D eigenvalue weighted by atomic mass is 16.5. The third kappa shape index (κ3) is 6.22. The van der Waals surface area contributed by atoms with Gasteiger partial charge in [0.15, 0.2) is 5.96 Å². The Morgan fingerprint density at radius 1 is 1.38 bits per heavy atom. The van der Waals surface area contributed by atoms with Crippen LogP contribution in [0.15, 0.2) is 41.7 Å². The molecule has 0 aliphatic carbocycles. The van der Waals surface area contributed by atoms with Gasteiger partial charge >= 0.3 is 0 Å². The fourth-order valence-corrected chi connectivity index (χ4v) is 3.31. The number of unbranched alkanes of at least 4 members (excludes halogenated alkanes) is 1. The van der Waals surface area contributed by atoms with E-state index in [4.69, 9.17) is 14.5 Å². The average molecular weight is 400 g/mol. The van der Waals surface area contributed by atoms with Crippen molar-refractivity contribution in [3.05, 3.63) is 47.8 Å². The maximum absolute atomic E-state index is 5.97. The molecule has 0 spiro atoms. The average Bonchev–Trinajstić information content (AvgIpc) is 3.18. The zero-order valence-electron chi connectivity index (χ0n) is 17.8. The van der Waals surface area contributed by atoms with Gasteiger partial charge in [0.25, 0.3) is 0 Å². The van der Waals surface area contributed by atoms with Crippen LogP contribution >= 0.6 is 0 Å². The predicted molar refractivity (Wildman–Crippen MR) is 115 cm³/mol. The number of aromatic nitrogens is 2. The van der Waals surface area contributed by atoms with E-state index in [1.165, 1.54) is 0 Å². The molecule has 2 heterocycles. The Morgan fingerprint density at radius 2 is 2.28 bits per heavy atom. The molecule has 2 aromatic rings. The van der Waals surface area contributed by atoms with Crippen LogP contribution in [0.1, 0.15) is 43.9 Å². The van der Waals surface area contributed by atoms with E-state index in [-0.39, 0.29) is 6.10 Å². The van der Waals surface area contributed by atoms with Crippen LogP contribution in [0.5, 0.6) is 5.75 Å². The van der Waals surface area contributed by atoms with Gasteiger partial charge in [-0.1, -0.05) is 25.5 Å². The van der Waals surface area contributed by atoms with Gasteiger partial charge in [-0.2, -0.15) is 5.10 Å². The Morgan fingerprint density at radius 3 is 3.03 bits per heavy atom. The lowest BCUT2D eigenvalue weighted by atomic mass is 10.1. The summed E-state index contributed by atoms with van der Waals surface area (Å²) in [6.07, 6.45) is 6.11. The minimum absolute atomic E-state index is 0.0107. The van der Waals surface area contributed by atoms with Gasteiger partial charge < -0.3 is 19.7 Å². The van der Waals surface area contributed by atoms with Gasteiger partial charge in [-0.25, -0.2) is 4.99 Å². The Labute approximate surface area is 173 Å². The van der Waals surface area contributed by atoms with Gasteiger partial charge in [0.2, 0.25) is 0 Å². The molecule has 0 saturated carbocycles. The number of guanidine groups is 1. The first-order chi connectivity index (χ1) is 14.2. The number of hydrogen-bond donors (Lipinski definition) is 1. The van der Waals surface area contributed by atoms with Gasteiger partial charge in [0.05, 0.1) is 32.5 Å². The highest BCUT2D eigenvalue weighted by Crippen LogP contribution is 2.22. The number of rotatable bonds is 8. The summed E-state index contributed by atoms with van der Waals surface area (Å²) in [5, 5.41) is 7.69. The number of morpholine rings is 1. The van der Waals surface area contributed by atoms with E-state index in [9.17, 15) is 0 Å². The Kier molecular flexibility index (Phi) is 7.93. The predicted octanol–water partition coefficient (Wildman–Crippen LogP) is 3.14. The van der Waals surface area contributed by atoms with Crippen LogP contribution in [0.25, 0.3) is 0 Å². The maximum Gasteiger partial charge on any atom is 0.194 e. The normalized spacial score (nSPS) is 17.4. The highest BCUT2D eigenvalue weighted by molar-refractivity contribution is 5.80. The SMILES string of the molecule is CCCCOc1cccc(CN=C(NCC)N2CCOC(c3cnn(C)c3)C2)c1.